The van der Waals surface area contributed by atoms with E-state index in [1.165, 1.54) is 21.9 Å². The molecule has 0 spiro atoms. The first-order valence-corrected chi connectivity index (χ1v) is 10.9. The molecule has 1 saturated heterocycles. The van der Waals surface area contributed by atoms with Gasteiger partial charge in [0.15, 0.2) is 0 Å². The molecule has 1 fully saturated rings. The van der Waals surface area contributed by atoms with Crippen molar-refractivity contribution in [1.82, 2.24) is 15.1 Å². The summed E-state index contributed by atoms with van der Waals surface area (Å²) in [6.07, 6.45) is 1.26. The van der Waals surface area contributed by atoms with Crippen molar-refractivity contribution in [2.75, 3.05) is 39.8 Å². The average molecular weight is 402 g/mol. The number of hydrogen-bond donors (Lipinski definition) is 1. The molecule has 4 rings (SSSR count). The van der Waals surface area contributed by atoms with Crippen LogP contribution in [0.15, 0.2) is 72.8 Å². The molecule has 30 heavy (non-hydrogen) atoms. The van der Waals surface area contributed by atoms with Crippen LogP contribution in [0.1, 0.15) is 23.6 Å². The zero-order chi connectivity index (χ0) is 20.8. The molecule has 1 heterocycles. The molecule has 156 valence electrons. The standard InChI is InChI=1S/C26H31N3O/c1-28-15-17-29(18-16-28)20-25(23-8-3-2-4-9-23)27-26(30)14-12-21-11-13-22-7-5-6-10-24(22)19-21/h2-11,13,19,25H,12,14-18,20H2,1H3,(H,27,30). The van der Waals surface area contributed by atoms with E-state index < -0.39 is 0 Å². The Morgan fingerprint density at radius 1 is 0.900 bits per heavy atom. The third-order valence-electron chi connectivity index (χ3n) is 6.03. The molecule has 0 aromatic heterocycles. The topological polar surface area (TPSA) is 35.6 Å². The fourth-order valence-electron chi connectivity index (χ4n) is 4.13. The van der Waals surface area contributed by atoms with Crippen molar-refractivity contribution in [3.8, 4) is 0 Å². The number of carbonyl (C=O) groups excluding carboxylic acids is 1. The number of hydrogen-bond acceptors (Lipinski definition) is 3. The maximum atomic E-state index is 12.8. The molecular formula is C26H31N3O. The van der Waals surface area contributed by atoms with Crippen LogP contribution in [0.3, 0.4) is 0 Å². The van der Waals surface area contributed by atoms with E-state index in [4.69, 9.17) is 0 Å². The van der Waals surface area contributed by atoms with Gasteiger partial charge in [0.05, 0.1) is 6.04 Å². The van der Waals surface area contributed by atoms with Crippen molar-refractivity contribution in [3.05, 3.63) is 83.9 Å². The molecule has 1 N–H and O–H groups in total. The number of amides is 1. The fourth-order valence-corrected chi connectivity index (χ4v) is 4.13. The Labute approximate surface area is 179 Å². The van der Waals surface area contributed by atoms with Crippen LogP contribution in [0.25, 0.3) is 10.8 Å². The van der Waals surface area contributed by atoms with E-state index in [-0.39, 0.29) is 11.9 Å². The molecule has 4 heteroatoms. The Kier molecular flexibility index (Phi) is 6.77. The van der Waals surface area contributed by atoms with E-state index in [0.717, 1.165) is 39.1 Å². The predicted molar refractivity (Wildman–Crippen MR) is 124 cm³/mol. The Balaban J connectivity index is 1.38. The summed E-state index contributed by atoms with van der Waals surface area (Å²) in [5, 5.41) is 5.77. The number of nitrogens with one attached hydrogen (secondary N) is 1. The summed E-state index contributed by atoms with van der Waals surface area (Å²) in [7, 11) is 2.17. The van der Waals surface area contributed by atoms with Crippen LogP contribution < -0.4 is 5.32 Å². The monoisotopic (exact) mass is 401 g/mol. The summed E-state index contributed by atoms with van der Waals surface area (Å²) in [5.41, 5.74) is 2.38. The lowest BCUT2D eigenvalue weighted by Gasteiger charge is -2.35. The van der Waals surface area contributed by atoms with Crippen LogP contribution >= 0.6 is 0 Å². The van der Waals surface area contributed by atoms with E-state index in [0.29, 0.717) is 6.42 Å². The molecule has 0 aliphatic carbocycles. The summed E-state index contributed by atoms with van der Waals surface area (Å²) in [5.74, 6) is 0.117. The number of carbonyl (C=O) groups is 1. The van der Waals surface area contributed by atoms with Crippen LogP contribution in [0.2, 0.25) is 0 Å². The number of piperazine rings is 1. The molecule has 1 aliphatic heterocycles. The minimum absolute atomic E-state index is 0.0266. The highest BCUT2D eigenvalue weighted by molar-refractivity contribution is 5.83. The normalized spacial score (nSPS) is 16.4. The van der Waals surface area contributed by atoms with Crippen LogP contribution in [0.5, 0.6) is 0 Å². The van der Waals surface area contributed by atoms with Gasteiger partial charge in [-0.05, 0) is 35.4 Å². The highest BCUT2D eigenvalue weighted by Gasteiger charge is 2.21. The third-order valence-corrected chi connectivity index (χ3v) is 6.03. The molecule has 1 aliphatic rings. The van der Waals surface area contributed by atoms with Crippen molar-refractivity contribution in [2.24, 2.45) is 0 Å². The minimum Gasteiger partial charge on any atom is -0.348 e. The van der Waals surface area contributed by atoms with Gasteiger partial charge in [-0.25, -0.2) is 0 Å². The lowest BCUT2D eigenvalue weighted by Crippen LogP contribution is -2.47. The zero-order valence-corrected chi connectivity index (χ0v) is 17.8. The number of fused-ring (bicyclic) bond motifs is 1. The van der Waals surface area contributed by atoms with E-state index in [2.05, 4.69) is 76.8 Å². The van der Waals surface area contributed by atoms with Gasteiger partial charge in [0.1, 0.15) is 0 Å². The van der Waals surface area contributed by atoms with Crippen LogP contribution in [0, 0.1) is 0 Å². The van der Waals surface area contributed by atoms with Crippen LogP contribution in [-0.2, 0) is 11.2 Å². The Bertz CT molecular complexity index is 964. The molecular weight excluding hydrogens is 370 g/mol. The van der Waals surface area contributed by atoms with Crippen LogP contribution in [-0.4, -0.2) is 55.5 Å². The fraction of sp³-hybridized carbons (Fsp3) is 0.346. The van der Waals surface area contributed by atoms with E-state index in [1.807, 2.05) is 18.2 Å². The Hall–Kier alpha value is -2.69. The molecule has 0 radical (unpaired) electrons. The van der Waals surface area contributed by atoms with Gasteiger partial charge >= 0.3 is 0 Å². The maximum Gasteiger partial charge on any atom is 0.220 e. The molecule has 1 atom stereocenters. The van der Waals surface area contributed by atoms with Gasteiger partial charge in [0.25, 0.3) is 0 Å². The highest BCUT2D eigenvalue weighted by Crippen LogP contribution is 2.18. The number of nitrogens with zero attached hydrogens (tertiary/aromatic N) is 2. The molecule has 0 bridgehead atoms. The number of aryl methyl sites for hydroxylation is 1. The van der Waals surface area contributed by atoms with Crippen molar-refractivity contribution in [1.29, 1.82) is 0 Å². The Morgan fingerprint density at radius 3 is 2.37 bits per heavy atom. The largest absolute Gasteiger partial charge is 0.348 e. The van der Waals surface area contributed by atoms with Gasteiger partial charge in [0.2, 0.25) is 5.91 Å². The molecule has 0 saturated carbocycles. The van der Waals surface area contributed by atoms with Gasteiger partial charge < -0.3 is 10.2 Å². The van der Waals surface area contributed by atoms with E-state index in [1.54, 1.807) is 0 Å². The second-order valence-electron chi connectivity index (χ2n) is 8.32. The first-order chi connectivity index (χ1) is 14.7. The average Bonchev–Trinajstić information content (AvgIpc) is 2.79. The quantitative estimate of drug-likeness (QED) is 0.653. The van der Waals surface area contributed by atoms with Crippen molar-refractivity contribution in [2.45, 2.75) is 18.9 Å². The summed E-state index contributed by atoms with van der Waals surface area (Å²) < 4.78 is 0. The maximum absolute atomic E-state index is 12.8. The first-order valence-electron chi connectivity index (χ1n) is 10.9. The number of likely N-dealkylation sites (N-methyl/N-ethyl adjacent to an activating group) is 1. The smallest absolute Gasteiger partial charge is 0.220 e. The zero-order valence-electron chi connectivity index (χ0n) is 17.8. The van der Waals surface area contributed by atoms with E-state index in [9.17, 15) is 4.79 Å². The lowest BCUT2D eigenvalue weighted by molar-refractivity contribution is -0.122. The summed E-state index contributed by atoms with van der Waals surface area (Å²) in [6.45, 7) is 5.12. The SMILES string of the molecule is CN1CCN(CC(NC(=O)CCc2ccc3ccccc3c2)c2ccccc2)CC1. The Morgan fingerprint density at radius 2 is 1.60 bits per heavy atom. The molecule has 3 aromatic rings. The molecule has 4 nitrogen and oxygen atoms in total. The molecule has 1 unspecified atom stereocenters. The van der Waals surface area contributed by atoms with Gasteiger partial charge in [-0.2, -0.15) is 0 Å². The second kappa shape index (κ2) is 9.88. The van der Waals surface area contributed by atoms with Gasteiger partial charge in [0, 0.05) is 39.1 Å². The first kappa shape index (κ1) is 20.6. The predicted octanol–water partition coefficient (Wildman–Crippen LogP) is 3.88. The molecule has 1 amide bonds. The number of benzene rings is 3. The van der Waals surface area contributed by atoms with Gasteiger partial charge in [-0.15, -0.1) is 0 Å². The number of rotatable bonds is 7. The lowest BCUT2D eigenvalue weighted by atomic mass is 10.0. The summed E-state index contributed by atoms with van der Waals surface area (Å²) in [6, 6.07) is 25.2. The van der Waals surface area contributed by atoms with Crippen molar-refractivity contribution < 1.29 is 4.79 Å². The summed E-state index contributed by atoms with van der Waals surface area (Å²) >= 11 is 0. The van der Waals surface area contributed by atoms with Crippen molar-refractivity contribution >= 4 is 16.7 Å². The van der Waals surface area contributed by atoms with Gasteiger partial charge in [-0.1, -0.05) is 72.8 Å². The van der Waals surface area contributed by atoms with E-state index >= 15 is 0 Å². The minimum atomic E-state index is 0.0266. The van der Waals surface area contributed by atoms with Crippen molar-refractivity contribution in [3.63, 3.8) is 0 Å². The third kappa shape index (κ3) is 5.47. The van der Waals surface area contributed by atoms with Crippen LogP contribution in [0.4, 0.5) is 0 Å². The van der Waals surface area contributed by atoms with Gasteiger partial charge in [-0.3, -0.25) is 9.69 Å². The molecule has 3 aromatic carbocycles. The summed E-state index contributed by atoms with van der Waals surface area (Å²) in [4.78, 5) is 17.6. The highest BCUT2D eigenvalue weighted by atomic mass is 16.1. The second-order valence-corrected chi connectivity index (χ2v) is 8.32.